The summed E-state index contributed by atoms with van der Waals surface area (Å²) in [5, 5.41) is 8.16. The number of likely N-dealkylation sites (tertiary alicyclic amines) is 1. The molecule has 2 aromatic rings. The van der Waals surface area contributed by atoms with E-state index in [9.17, 15) is 4.79 Å². The third-order valence-corrected chi connectivity index (χ3v) is 5.18. The zero-order valence-electron chi connectivity index (χ0n) is 14.6. The van der Waals surface area contributed by atoms with Gasteiger partial charge in [-0.15, -0.1) is 10.2 Å². The zero-order chi connectivity index (χ0) is 17.2. The Bertz CT molecular complexity index is 728. The molecule has 2 heterocycles. The molecular weight excluding hydrogens is 316 g/mol. The monoisotopic (exact) mass is 340 g/mol. The highest BCUT2D eigenvalue weighted by atomic mass is 16.5. The predicted molar refractivity (Wildman–Crippen MR) is 93.5 cm³/mol. The molecule has 1 aliphatic heterocycles. The lowest BCUT2D eigenvalue weighted by molar-refractivity contribution is 0.0710. The minimum Gasteiger partial charge on any atom is -0.493 e. The van der Waals surface area contributed by atoms with E-state index in [0.29, 0.717) is 5.92 Å². The van der Waals surface area contributed by atoms with Crippen molar-refractivity contribution in [2.24, 2.45) is 13.0 Å². The number of hydrogen-bond acceptors (Lipinski definition) is 4. The number of nitrogens with zero attached hydrogens (tertiary/aromatic N) is 4. The summed E-state index contributed by atoms with van der Waals surface area (Å²) < 4.78 is 7.71. The van der Waals surface area contributed by atoms with Crippen LogP contribution in [-0.2, 0) is 7.05 Å². The largest absolute Gasteiger partial charge is 0.493 e. The van der Waals surface area contributed by atoms with Crippen LogP contribution in [0.3, 0.4) is 0 Å². The fourth-order valence-electron chi connectivity index (χ4n) is 3.38. The lowest BCUT2D eigenvalue weighted by Crippen LogP contribution is -2.38. The van der Waals surface area contributed by atoms with E-state index < -0.39 is 0 Å². The Morgan fingerprint density at radius 3 is 2.48 bits per heavy atom. The number of carbonyl (C=O) groups is 1. The predicted octanol–water partition coefficient (Wildman–Crippen LogP) is 2.62. The van der Waals surface area contributed by atoms with Crippen molar-refractivity contribution in [1.82, 2.24) is 19.7 Å². The van der Waals surface area contributed by atoms with Crippen LogP contribution in [0, 0.1) is 5.92 Å². The second-order valence-corrected chi connectivity index (χ2v) is 7.15. The van der Waals surface area contributed by atoms with Crippen molar-refractivity contribution in [1.29, 1.82) is 0 Å². The van der Waals surface area contributed by atoms with Gasteiger partial charge in [-0.05, 0) is 55.9 Å². The standard InChI is InChI=1S/C19H24N4O2/c1-22-13-20-21-18(22)15-8-10-23(11-9-15)19(24)16-4-6-17(7-5-16)25-12-14-2-3-14/h4-7,13-15H,2-3,8-12H2,1H3. The molecule has 1 saturated heterocycles. The maximum atomic E-state index is 12.7. The van der Waals surface area contributed by atoms with Crippen molar-refractivity contribution >= 4 is 5.91 Å². The van der Waals surface area contributed by atoms with E-state index in [1.165, 1.54) is 12.8 Å². The Labute approximate surface area is 147 Å². The van der Waals surface area contributed by atoms with Gasteiger partial charge in [-0.3, -0.25) is 4.79 Å². The number of ether oxygens (including phenoxy) is 1. The third kappa shape index (κ3) is 3.67. The van der Waals surface area contributed by atoms with E-state index in [0.717, 1.165) is 55.6 Å². The summed E-state index contributed by atoms with van der Waals surface area (Å²) in [4.78, 5) is 14.6. The quantitative estimate of drug-likeness (QED) is 0.839. The third-order valence-electron chi connectivity index (χ3n) is 5.18. The minimum absolute atomic E-state index is 0.102. The number of carbonyl (C=O) groups excluding carboxylic acids is 1. The highest BCUT2D eigenvalue weighted by molar-refractivity contribution is 5.94. The lowest BCUT2D eigenvalue weighted by Gasteiger charge is -2.31. The second-order valence-electron chi connectivity index (χ2n) is 7.15. The van der Waals surface area contributed by atoms with Crippen molar-refractivity contribution in [3.8, 4) is 5.75 Å². The first-order valence-corrected chi connectivity index (χ1v) is 9.07. The Morgan fingerprint density at radius 2 is 1.88 bits per heavy atom. The molecule has 132 valence electrons. The normalized spacial score (nSPS) is 18.4. The van der Waals surface area contributed by atoms with E-state index in [2.05, 4.69) is 10.2 Å². The van der Waals surface area contributed by atoms with E-state index in [-0.39, 0.29) is 5.91 Å². The number of aromatic nitrogens is 3. The van der Waals surface area contributed by atoms with Crippen molar-refractivity contribution in [2.75, 3.05) is 19.7 Å². The topological polar surface area (TPSA) is 60.2 Å². The van der Waals surface area contributed by atoms with Gasteiger partial charge in [0.15, 0.2) is 0 Å². The first-order chi connectivity index (χ1) is 12.2. The van der Waals surface area contributed by atoms with Gasteiger partial charge in [0, 0.05) is 31.6 Å². The molecule has 0 radical (unpaired) electrons. The van der Waals surface area contributed by atoms with Crippen molar-refractivity contribution < 1.29 is 9.53 Å². The van der Waals surface area contributed by atoms with Crippen LogP contribution >= 0.6 is 0 Å². The molecule has 4 rings (SSSR count). The summed E-state index contributed by atoms with van der Waals surface area (Å²) >= 11 is 0. The molecule has 1 aliphatic carbocycles. The number of amides is 1. The smallest absolute Gasteiger partial charge is 0.253 e. The molecule has 0 spiro atoms. The highest BCUT2D eigenvalue weighted by Crippen LogP contribution is 2.30. The highest BCUT2D eigenvalue weighted by Gasteiger charge is 2.27. The van der Waals surface area contributed by atoms with Crippen LogP contribution in [0.5, 0.6) is 5.75 Å². The lowest BCUT2D eigenvalue weighted by atomic mass is 9.95. The summed E-state index contributed by atoms with van der Waals surface area (Å²) in [6, 6.07) is 7.56. The van der Waals surface area contributed by atoms with Crippen LogP contribution in [-0.4, -0.2) is 45.3 Å². The summed E-state index contributed by atoms with van der Waals surface area (Å²) in [7, 11) is 1.97. The van der Waals surface area contributed by atoms with Crippen LogP contribution in [0.25, 0.3) is 0 Å². The SMILES string of the molecule is Cn1cnnc1C1CCN(C(=O)c2ccc(OCC3CC3)cc2)CC1. The number of hydrogen-bond donors (Lipinski definition) is 0. The molecule has 6 heteroatoms. The number of rotatable bonds is 5. The fourth-order valence-corrected chi connectivity index (χ4v) is 3.38. The molecule has 1 aromatic heterocycles. The van der Waals surface area contributed by atoms with E-state index >= 15 is 0 Å². The van der Waals surface area contributed by atoms with Gasteiger partial charge in [-0.25, -0.2) is 0 Å². The first kappa shape index (κ1) is 16.1. The van der Waals surface area contributed by atoms with Gasteiger partial charge in [0.1, 0.15) is 17.9 Å². The number of benzene rings is 1. The minimum atomic E-state index is 0.102. The van der Waals surface area contributed by atoms with Gasteiger partial charge in [-0.1, -0.05) is 0 Å². The molecule has 0 atom stereocenters. The van der Waals surface area contributed by atoms with E-state index in [1.807, 2.05) is 40.8 Å². The molecule has 6 nitrogen and oxygen atoms in total. The maximum absolute atomic E-state index is 12.7. The van der Waals surface area contributed by atoms with Gasteiger partial charge in [0.05, 0.1) is 6.61 Å². The van der Waals surface area contributed by atoms with Crippen LogP contribution in [0.15, 0.2) is 30.6 Å². The number of aryl methyl sites for hydroxylation is 1. The molecular formula is C19H24N4O2. The van der Waals surface area contributed by atoms with Crippen LogP contribution in [0.1, 0.15) is 47.8 Å². The molecule has 1 aromatic carbocycles. The summed E-state index contributed by atoms with van der Waals surface area (Å²) in [5.41, 5.74) is 0.732. The Kier molecular flexibility index (Phi) is 4.42. The van der Waals surface area contributed by atoms with Crippen molar-refractivity contribution in [3.63, 3.8) is 0 Å². The molecule has 2 aliphatic rings. The number of piperidine rings is 1. The zero-order valence-corrected chi connectivity index (χ0v) is 14.6. The fraction of sp³-hybridized carbons (Fsp3) is 0.526. The van der Waals surface area contributed by atoms with E-state index in [1.54, 1.807) is 6.33 Å². The maximum Gasteiger partial charge on any atom is 0.253 e. The van der Waals surface area contributed by atoms with Gasteiger partial charge in [0.25, 0.3) is 5.91 Å². The summed E-state index contributed by atoms with van der Waals surface area (Å²) in [6.07, 6.45) is 6.16. The molecule has 2 fully saturated rings. The van der Waals surface area contributed by atoms with Gasteiger partial charge >= 0.3 is 0 Å². The molecule has 0 bridgehead atoms. The molecule has 25 heavy (non-hydrogen) atoms. The van der Waals surface area contributed by atoms with Crippen LogP contribution < -0.4 is 4.74 Å². The van der Waals surface area contributed by atoms with Crippen molar-refractivity contribution in [3.05, 3.63) is 42.0 Å². The van der Waals surface area contributed by atoms with Gasteiger partial charge in [-0.2, -0.15) is 0 Å². The molecule has 0 unspecified atom stereocenters. The average molecular weight is 340 g/mol. The molecule has 1 amide bonds. The average Bonchev–Trinajstić information content (AvgIpc) is 3.39. The second kappa shape index (κ2) is 6.86. The Morgan fingerprint density at radius 1 is 1.16 bits per heavy atom. The summed E-state index contributed by atoms with van der Waals surface area (Å²) in [6.45, 7) is 2.31. The van der Waals surface area contributed by atoms with E-state index in [4.69, 9.17) is 4.74 Å². The molecule has 0 N–H and O–H groups in total. The summed E-state index contributed by atoms with van der Waals surface area (Å²) in [5.74, 6) is 3.09. The Hall–Kier alpha value is -2.37. The van der Waals surface area contributed by atoms with Crippen LogP contribution in [0.4, 0.5) is 0 Å². The molecule has 1 saturated carbocycles. The van der Waals surface area contributed by atoms with Crippen LogP contribution in [0.2, 0.25) is 0 Å². The van der Waals surface area contributed by atoms with Crippen molar-refractivity contribution in [2.45, 2.75) is 31.6 Å². The Balaban J connectivity index is 1.33. The van der Waals surface area contributed by atoms with Gasteiger partial charge in [0.2, 0.25) is 0 Å². The van der Waals surface area contributed by atoms with Gasteiger partial charge < -0.3 is 14.2 Å². The first-order valence-electron chi connectivity index (χ1n) is 9.07.